The maximum absolute atomic E-state index is 15.3. The van der Waals surface area contributed by atoms with Crippen LogP contribution in [0, 0.1) is 12.7 Å². The number of nitrogens with zero attached hydrogens (tertiary/aromatic N) is 3. The van der Waals surface area contributed by atoms with Gasteiger partial charge >= 0.3 is 0 Å². The van der Waals surface area contributed by atoms with Gasteiger partial charge in [0, 0.05) is 12.7 Å². The fourth-order valence-corrected chi connectivity index (χ4v) is 3.11. The molecule has 1 fully saturated rings. The standard InChI is InChI=1S/C19H22F3N5/c1-12-2-6-15(17(20)8-12)16(10-27(24)11-26-23)19(21,22)18-7-5-14(9-25-18)13-3-4-13/h2,5-9,11,13,16H,3-4,10,23-24H2,1H3/b26-11-. The molecule has 2 aromatic rings. The van der Waals surface area contributed by atoms with Crippen LogP contribution in [0.15, 0.2) is 41.6 Å². The lowest BCUT2D eigenvalue weighted by Crippen LogP contribution is -2.40. The van der Waals surface area contributed by atoms with E-state index in [1.807, 2.05) is 0 Å². The zero-order valence-corrected chi connectivity index (χ0v) is 14.9. The Labute approximate surface area is 155 Å². The summed E-state index contributed by atoms with van der Waals surface area (Å²) in [6.45, 7) is 1.30. The topological polar surface area (TPSA) is 80.5 Å². The van der Waals surface area contributed by atoms with Crippen molar-refractivity contribution in [3.63, 3.8) is 0 Å². The molecule has 0 radical (unpaired) electrons. The quantitative estimate of drug-likeness (QED) is 0.336. The third kappa shape index (κ3) is 4.21. The molecule has 1 aromatic carbocycles. The van der Waals surface area contributed by atoms with E-state index in [0.717, 1.165) is 29.8 Å². The SMILES string of the molecule is Cc1ccc(C(CN(N)/C=N\N)C(F)(F)c2ccc(C3CC3)cn2)c(F)c1. The number of nitrogens with two attached hydrogens (primary N) is 2. The molecule has 1 saturated carbocycles. The Hall–Kier alpha value is -2.61. The van der Waals surface area contributed by atoms with Gasteiger partial charge < -0.3 is 5.84 Å². The zero-order valence-electron chi connectivity index (χ0n) is 14.9. The minimum Gasteiger partial charge on any atom is -0.322 e. The highest BCUT2D eigenvalue weighted by molar-refractivity contribution is 5.53. The van der Waals surface area contributed by atoms with Crippen LogP contribution in [0.2, 0.25) is 0 Å². The fourth-order valence-electron chi connectivity index (χ4n) is 3.11. The zero-order chi connectivity index (χ0) is 19.6. The van der Waals surface area contributed by atoms with Gasteiger partial charge in [0.1, 0.15) is 17.8 Å². The molecule has 8 heteroatoms. The number of alkyl halides is 2. The lowest BCUT2D eigenvalue weighted by atomic mass is 9.88. The number of hydrazone groups is 1. The molecule has 4 N–H and O–H groups in total. The molecular formula is C19H22F3N5. The summed E-state index contributed by atoms with van der Waals surface area (Å²) in [5.74, 6) is 5.39. The summed E-state index contributed by atoms with van der Waals surface area (Å²) < 4.78 is 45.2. The Morgan fingerprint density at radius 1 is 1.33 bits per heavy atom. The van der Waals surface area contributed by atoms with Gasteiger partial charge in [-0.3, -0.25) is 9.99 Å². The molecule has 5 nitrogen and oxygen atoms in total. The first-order valence-corrected chi connectivity index (χ1v) is 8.68. The highest BCUT2D eigenvalue weighted by Gasteiger charge is 2.45. The van der Waals surface area contributed by atoms with Gasteiger partial charge in [0.05, 0.1) is 5.92 Å². The van der Waals surface area contributed by atoms with Gasteiger partial charge in [-0.1, -0.05) is 18.2 Å². The fraction of sp³-hybridized carbons (Fsp3) is 0.368. The normalized spacial score (nSPS) is 15.9. The minimum absolute atomic E-state index is 0.139. The number of halogens is 3. The number of rotatable bonds is 7. The highest BCUT2D eigenvalue weighted by Crippen LogP contribution is 2.44. The molecule has 0 spiro atoms. The number of hydrazine groups is 1. The molecule has 1 aromatic heterocycles. The van der Waals surface area contributed by atoms with Crippen molar-refractivity contribution in [1.29, 1.82) is 0 Å². The first-order valence-electron chi connectivity index (χ1n) is 8.68. The summed E-state index contributed by atoms with van der Waals surface area (Å²) in [5, 5.41) is 4.15. The van der Waals surface area contributed by atoms with Crippen LogP contribution in [-0.4, -0.2) is 22.9 Å². The van der Waals surface area contributed by atoms with E-state index in [-0.39, 0.29) is 12.1 Å². The van der Waals surface area contributed by atoms with Crippen molar-refractivity contribution in [3.8, 4) is 0 Å². The molecule has 1 unspecified atom stereocenters. The van der Waals surface area contributed by atoms with Crippen molar-refractivity contribution in [1.82, 2.24) is 9.99 Å². The number of benzene rings is 1. The summed E-state index contributed by atoms with van der Waals surface area (Å²) in [7, 11) is 0. The molecule has 1 aliphatic rings. The number of hydrogen-bond donors (Lipinski definition) is 2. The molecule has 27 heavy (non-hydrogen) atoms. The summed E-state index contributed by atoms with van der Waals surface area (Å²) in [4.78, 5) is 3.97. The largest absolute Gasteiger partial charge is 0.322 e. The Bertz CT molecular complexity index is 819. The second-order valence-electron chi connectivity index (χ2n) is 6.91. The van der Waals surface area contributed by atoms with Gasteiger partial charge in [-0.25, -0.2) is 10.2 Å². The summed E-state index contributed by atoms with van der Waals surface area (Å²) in [5.41, 5.74) is 1.02. The summed E-state index contributed by atoms with van der Waals surface area (Å²) in [6, 6.07) is 7.14. The van der Waals surface area contributed by atoms with E-state index in [0.29, 0.717) is 11.5 Å². The lowest BCUT2D eigenvalue weighted by molar-refractivity contribution is -0.0443. The van der Waals surface area contributed by atoms with Crippen molar-refractivity contribution in [2.24, 2.45) is 16.8 Å². The second kappa shape index (κ2) is 7.56. The van der Waals surface area contributed by atoms with Crippen LogP contribution in [0.3, 0.4) is 0 Å². The van der Waals surface area contributed by atoms with Crippen molar-refractivity contribution >= 4 is 6.34 Å². The summed E-state index contributed by atoms with van der Waals surface area (Å²) in [6.07, 6.45) is 4.59. The molecule has 1 atom stereocenters. The van der Waals surface area contributed by atoms with Crippen LogP contribution in [0.1, 0.15) is 47.1 Å². The van der Waals surface area contributed by atoms with Crippen molar-refractivity contribution < 1.29 is 13.2 Å². The molecule has 0 aliphatic heterocycles. The van der Waals surface area contributed by atoms with Gasteiger partial charge in [0.25, 0.3) is 5.92 Å². The number of pyridine rings is 1. The number of hydrogen-bond acceptors (Lipinski definition) is 4. The molecular weight excluding hydrogens is 355 g/mol. The van der Waals surface area contributed by atoms with Crippen LogP contribution in [0.25, 0.3) is 0 Å². The van der Waals surface area contributed by atoms with Crippen molar-refractivity contribution in [2.75, 3.05) is 6.54 Å². The maximum Gasteiger partial charge on any atom is 0.298 e. The first kappa shape index (κ1) is 19.2. The number of aryl methyl sites for hydroxylation is 1. The molecule has 0 bridgehead atoms. The van der Waals surface area contributed by atoms with Crippen LogP contribution < -0.4 is 11.7 Å². The number of aromatic nitrogens is 1. The average Bonchev–Trinajstić information content (AvgIpc) is 3.46. The van der Waals surface area contributed by atoms with Crippen LogP contribution in [0.4, 0.5) is 13.2 Å². The monoisotopic (exact) mass is 377 g/mol. The van der Waals surface area contributed by atoms with E-state index < -0.39 is 23.4 Å². The Kier molecular flexibility index (Phi) is 5.36. The second-order valence-corrected chi connectivity index (χ2v) is 6.91. The van der Waals surface area contributed by atoms with E-state index in [2.05, 4.69) is 10.1 Å². The van der Waals surface area contributed by atoms with Crippen molar-refractivity contribution in [2.45, 2.75) is 37.5 Å². The first-order chi connectivity index (χ1) is 12.8. The maximum atomic E-state index is 15.3. The minimum atomic E-state index is -3.45. The Morgan fingerprint density at radius 2 is 2.07 bits per heavy atom. The van der Waals surface area contributed by atoms with Gasteiger partial charge in [0.15, 0.2) is 0 Å². The highest BCUT2D eigenvalue weighted by atomic mass is 19.3. The lowest BCUT2D eigenvalue weighted by Gasteiger charge is -2.30. The van der Waals surface area contributed by atoms with E-state index in [1.54, 1.807) is 19.1 Å². The molecule has 144 valence electrons. The van der Waals surface area contributed by atoms with E-state index >= 15 is 8.78 Å². The third-order valence-electron chi connectivity index (χ3n) is 4.75. The van der Waals surface area contributed by atoms with Gasteiger partial charge in [-0.15, -0.1) is 0 Å². The molecule has 1 heterocycles. The molecule has 0 amide bonds. The molecule has 3 rings (SSSR count). The average molecular weight is 377 g/mol. The van der Waals surface area contributed by atoms with Crippen LogP contribution in [-0.2, 0) is 5.92 Å². The van der Waals surface area contributed by atoms with E-state index in [9.17, 15) is 4.39 Å². The third-order valence-corrected chi connectivity index (χ3v) is 4.75. The summed E-state index contributed by atoms with van der Waals surface area (Å²) >= 11 is 0. The van der Waals surface area contributed by atoms with Crippen LogP contribution >= 0.6 is 0 Å². The van der Waals surface area contributed by atoms with E-state index in [4.69, 9.17) is 11.7 Å². The Morgan fingerprint density at radius 3 is 2.63 bits per heavy atom. The predicted octanol–water partition coefficient (Wildman–Crippen LogP) is 3.36. The van der Waals surface area contributed by atoms with E-state index in [1.165, 1.54) is 24.4 Å². The smallest absolute Gasteiger partial charge is 0.298 e. The van der Waals surface area contributed by atoms with Crippen molar-refractivity contribution in [3.05, 3.63) is 64.7 Å². The molecule has 0 saturated heterocycles. The molecule has 1 aliphatic carbocycles. The Balaban J connectivity index is 1.98. The predicted molar refractivity (Wildman–Crippen MR) is 97.6 cm³/mol. The van der Waals surface area contributed by atoms with Gasteiger partial charge in [-0.05, 0) is 54.5 Å². The van der Waals surface area contributed by atoms with Gasteiger partial charge in [0.2, 0.25) is 0 Å². The van der Waals surface area contributed by atoms with Crippen LogP contribution in [0.5, 0.6) is 0 Å². The van der Waals surface area contributed by atoms with Gasteiger partial charge in [-0.2, -0.15) is 13.9 Å².